The second kappa shape index (κ2) is 11.9. The van der Waals surface area contributed by atoms with E-state index >= 15 is 0 Å². The Labute approximate surface area is 178 Å². The highest BCUT2D eigenvalue weighted by Crippen LogP contribution is 2.14. The summed E-state index contributed by atoms with van der Waals surface area (Å²) in [5.41, 5.74) is 1.50. The molecule has 0 radical (unpaired) electrons. The maximum Gasteiger partial charge on any atom is 0.351 e. The largest absolute Gasteiger partial charge is 0.463 e. The molecule has 1 unspecified atom stereocenters. The molecule has 0 saturated carbocycles. The van der Waals surface area contributed by atoms with Gasteiger partial charge >= 0.3 is 11.9 Å². The number of rotatable bonds is 8. The van der Waals surface area contributed by atoms with Crippen molar-refractivity contribution in [3.63, 3.8) is 0 Å². The van der Waals surface area contributed by atoms with Crippen LogP contribution >= 0.6 is 22.6 Å². The smallest absolute Gasteiger partial charge is 0.351 e. The molecule has 1 atom stereocenters. The van der Waals surface area contributed by atoms with Crippen molar-refractivity contribution in [3.05, 3.63) is 99.7 Å². The van der Waals surface area contributed by atoms with Gasteiger partial charge in [-0.05, 0) is 53.3 Å². The first-order valence-electron chi connectivity index (χ1n) is 8.80. The Morgan fingerprint density at radius 1 is 0.964 bits per heavy atom. The first-order valence-corrected chi connectivity index (χ1v) is 9.88. The van der Waals surface area contributed by atoms with Crippen molar-refractivity contribution in [2.75, 3.05) is 6.61 Å². The Balaban J connectivity index is 2.02. The molecule has 0 aliphatic heterocycles. The molecule has 0 saturated heterocycles. The summed E-state index contributed by atoms with van der Waals surface area (Å²) in [6, 6.07) is 16.9. The van der Waals surface area contributed by atoms with Crippen LogP contribution in [0.3, 0.4) is 0 Å². The molecular formula is C23H21IO4. The predicted octanol–water partition coefficient (Wildman–Crippen LogP) is 5.21. The molecule has 2 aromatic carbocycles. The van der Waals surface area contributed by atoms with Crippen LogP contribution in [0.4, 0.5) is 0 Å². The van der Waals surface area contributed by atoms with E-state index in [0.29, 0.717) is 5.56 Å². The molecule has 2 aromatic rings. The third-order valence-electron chi connectivity index (χ3n) is 3.55. The Bertz CT molecular complexity index is 869. The van der Waals surface area contributed by atoms with Crippen molar-refractivity contribution in [2.45, 2.75) is 13.0 Å². The van der Waals surface area contributed by atoms with Crippen LogP contribution in [0.2, 0.25) is 0 Å². The fourth-order valence-electron chi connectivity index (χ4n) is 2.22. The Hall–Kier alpha value is -2.67. The lowest BCUT2D eigenvalue weighted by Crippen LogP contribution is -2.27. The van der Waals surface area contributed by atoms with Crippen molar-refractivity contribution in [1.82, 2.24) is 0 Å². The van der Waals surface area contributed by atoms with E-state index < -0.39 is 18.0 Å². The Morgan fingerprint density at radius 2 is 1.64 bits per heavy atom. The SMILES string of the molecule is CCOC(=O)C(/C=C/C=C/C=C/c1ccccc1)OC(=O)c1ccccc1I. The molecule has 4 nitrogen and oxygen atoms in total. The minimum atomic E-state index is -1.11. The molecule has 0 amide bonds. The summed E-state index contributed by atoms with van der Waals surface area (Å²) in [5, 5.41) is 0. The third kappa shape index (κ3) is 7.15. The molecule has 0 aliphatic rings. The minimum absolute atomic E-state index is 0.208. The molecule has 0 fully saturated rings. The average Bonchev–Trinajstić information content (AvgIpc) is 2.70. The van der Waals surface area contributed by atoms with Gasteiger partial charge in [0.05, 0.1) is 12.2 Å². The second-order valence-electron chi connectivity index (χ2n) is 5.60. The molecule has 0 spiro atoms. The van der Waals surface area contributed by atoms with E-state index in [1.807, 2.05) is 54.6 Å². The standard InChI is InChI=1S/C23H21IO4/c1-2-27-23(26)21(28-22(25)19-15-10-11-16-20(19)24)17-9-4-3-6-12-18-13-7-5-8-14-18/h3-17,21H,2H2,1H3/b4-3+,12-6+,17-9+. The molecule has 2 rings (SSSR count). The number of benzene rings is 2. The number of esters is 2. The maximum atomic E-state index is 12.4. The fraction of sp³-hybridized carbons (Fsp3) is 0.130. The highest BCUT2D eigenvalue weighted by Gasteiger charge is 2.23. The van der Waals surface area contributed by atoms with Gasteiger partial charge in [0.2, 0.25) is 6.10 Å². The number of ether oxygens (including phenoxy) is 2. The van der Waals surface area contributed by atoms with E-state index in [4.69, 9.17) is 9.47 Å². The number of halogens is 1. The number of hydrogen-bond donors (Lipinski definition) is 0. The monoisotopic (exact) mass is 488 g/mol. The molecule has 144 valence electrons. The maximum absolute atomic E-state index is 12.4. The Morgan fingerprint density at radius 3 is 2.36 bits per heavy atom. The van der Waals surface area contributed by atoms with Gasteiger partial charge in [-0.25, -0.2) is 9.59 Å². The van der Waals surface area contributed by atoms with E-state index in [0.717, 1.165) is 9.13 Å². The van der Waals surface area contributed by atoms with Gasteiger partial charge in [-0.1, -0.05) is 72.8 Å². The fourth-order valence-corrected chi connectivity index (χ4v) is 2.83. The van der Waals surface area contributed by atoms with Gasteiger partial charge in [-0.2, -0.15) is 0 Å². The highest BCUT2D eigenvalue weighted by molar-refractivity contribution is 14.1. The van der Waals surface area contributed by atoms with Crippen LogP contribution in [0.5, 0.6) is 0 Å². The van der Waals surface area contributed by atoms with Crippen LogP contribution < -0.4 is 0 Å². The summed E-state index contributed by atoms with van der Waals surface area (Å²) in [4.78, 5) is 24.5. The van der Waals surface area contributed by atoms with Crippen molar-refractivity contribution < 1.29 is 19.1 Å². The molecular weight excluding hydrogens is 467 g/mol. The molecule has 28 heavy (non-hydrogen) atoms. The van der Waals surface area contributed by atoms with Crippen molar-refractivity contribution in [2.24, 2.45) is 0 Å². The van der Waals surface area contributed by atoms with E-state index in [-0.39, 0.29) is 6.61 Å². The van der Waals surface area contributed by atoms with Crippen molar-refractivity contribution in [3.8, 4) is 0 Å². The van der Waals surface area contributed by atoms with Gasteiger partial charge in [0, 0.05) is 3.57 Å². The lowest BCUT2D eigenvalue weighted by atomic mass is 10.2. The summed E-state index contributed by atoms with van der Waals surface area (Å²) in [5.74, 6) is -1.17. The lowest BCUT2D eigenvalue weighted by Gasteiger charge is -2.13. The highest BCUT2D eigenvalue weighted by atomic mass is 127. The van der Waals surface area contributed by atoms with Gasteiger partial charge in [0.1, 0.15) is 0 Å². The molecule has 0 bridgehead atoms. The average molecular weight is 488 g/mol. The number of carbonyl (C=O) groups is 2. The zero-order valence-electron chi connectivity index (χ0n) is 15.5. The van der Waals surface area contributed by atoms with Gasteiger partial charge in [-0.3, -0.25) is 0 Å². The van der Waals surface area contributed by atoms with Crippen molar-refractivity contribution in [1.29, 1.82) is 0 Å². The summed E-state index contributed by atoms with van der Waals surface area (Å²) in [6.07, 6.45) is 9.48. The van der Waals surface area contributed by atoms with E-state index in [1.165, 1.54) is 6.08 Å². The molecule has 0 heterocycles. The predicted molar refractivity (Wildman–Crippen MR) is 119 cm³/mol. The van der Waals surface area contributed by atoms with E-state index in [1.54, 1.807) is 37.3 Å². The first kappa shape index (κ1) is 21.6. The van der Waals surface area contributed by atoms with Crippen LogP contribution in [-0.2, 0) is 14.3 Å². The molecule has 0 aliphatic carbocycles. The topological polar surface area (TPSA) is 52.6 Å². The van der Waals surface area contributed by atoms with Crippen LogP contribution in [0.1, 0.15) is 22.8 Å². The van der Waals surface area contributed by atoms with Gasteiger partial charge < -0.3 is 9.47 Å². The quantitative estimate of drug-likeness (QED) is 0.291. The summed E-state index contributed by atoms with van der Waals surface area (Å²) < 4.78 is 11.1. The zero-order valence-corrected chi connectivity index (χ0v) is 17.6. The molecule has 5 heteroatoms. The number of hydrogen-bond acceptors (Lipinski definition) is 4. The number of allylic oxidation sites excluding steroid dienone is 4. The minimum Gasteiger partial charge on any atom is -0.463 e. The summed E-state index contributed by atoms with van der Waals surface area (Å²) in [6.45, 7) is 1.91. The first-order chi connectivity index (χ1) is 13.6. The van der Waals surface area contributed by atoms with Crippen molar-refractivity contribution >= 4 is 40.6 Å². The van der Waals surface area contributed by atoms with Gasteiger partial charge in [0.15, 0.2) is 0 Å². The lowest BCUT2D eigenvalue weighted by molar-refractivity contribution is -0.150. The summed E-state index contributed by atoms with van der Waals surface area (Å²) >= 11 is 2.05. The van der Waals surface area contributed by atoms with Crippen LogP contribution in [0, 0.1) is 3.57 Å². The normalized spacial score (nSPS) is 12.5. The zero-order chi connectivity index (χ0) is 20.2. The van der Waals surface area contributed by atoms with E-state index in [2.05, 4.69) is 22.6 Å². The molecule has 0 N–H and O–H groups in total. The third-order valence-corrected chi connectivity index (χ3v) is 4.49. The van der Waals surface area contributed by atoms with E-state index in [9.17, 15) is 9.59 Å². The van der Waals surface area contributed by atoms with Crippen LogP contribution in [0.15, 0.2) is 85.0 Å². The van der Waals surface area contributed by atoms with Gasteiger partial charge in [0.25, 0.3) is 0 Å². The second-order valence-corrected chi connectivity index (χ2v) is 6.76. The summed E-state index contributed by atoms with van der Waals surface area (Å²) in [7, 11) is 0. The molecule has 0 aromatic heterocycles. The van der Waals surface area contributed by atoms with Crippen LogP contribution in [0.25, 0.3) is 6.08 Å². The number of carbonyl (C=O) groups excluding carboxylic acids is 2. The van der Waals surface area contributed by atoms with Crippen LogP contribution in [-0.4, -0.2) is 24.6 Å². The van der Waals surface area contributed by atoms with Gasteiger partial charge in [-0.15, -0.1) is 0 Å². The Kier molecular flexibility index (Phi) is 9.21.